The fourth-order valence-corrected chi connectivity index (χ4v) is 3.57. The molecule has 160 valence electrons. The molecule has 4 aromatic rings. The number of ether oxygens (including phenoxy) is 2. The number of rotatable bonds is 7. The van der Waals surface area contributed by atoms with Crippen LogP contribution in [0.4, 0.5) is 0 Å². The Kier molecular flexibility index (Phi) is 6.52. The first-order chi connectivity index (χ1) is 15.6. The van der Waals surface area contributed by atoms with Crippen molar-refractivity contribution < 1.29 is 14.3 Å². The van der Waals surface area contributed by atoms with E-state index in [-0.39, 0.29) is 5.78 Å². The number of para-hydroxylation sites is 1. The van der Waals surface area contributed by atoms with Crippen LogP contribution in [0.2, 0.25) is 0 Å². The summed E-state index contributed by atoms with van der Waals surface area (Å²) in [4.78, 5) is 12.7. The van der Waals surface area contributed by atoms with E-state index in [1.807, 2.05) is 66.9 Å². The number of halogens is 1. The van der Waals surface area contributed by atoms with Crippen LogP contribution >= 0.6 is 15.9 Å². The molecule has 5 nitrogen and oxygen atoms in total. The predicted molar refractivity (Wildman–Crippen MR) is 130 cm³/mol. The van der Waals surface area contributed by atoms with Gasteiger partial charge in [0, 0.05) is 27.4 Å². The Bertz CT molecular complexity index is 1260. The summed E-state index contributed by atoms with van der Waals surface area (Å²) >= 11 is 3.39. The average molecular weight is 489 g/mol. The molecular weight excluding hydrogens is 468 g/mol. The van der Waals surface area contributed by atoms with E-state index in [4.69, 9.17) is 14.6 Å². The number of methoxy groups -OCH3 is 2. The zero-order chi connectivity index (χ0) is 22.5. The van der Waals surface area contributed by atoms with Crippen LogP contribution in [0.1, 0.15) is 15.9 Å². The molecule has 0 amide bonds. The fraction of sp³-hybridized carbons (Fsp3) is 0.0769. The Morgan fingerprint density at radius 3 is 2.34 bits per heavy atom. The Hall–Kier alpha value is -3.64. The zero-order valence-electron chi connectivity index (χ0n) is 17.7. The lowest BCUT2D eigenvalue weighted by atomic mass is 10.1. The Morgan fingerprint density at radius 1 is 0.938 bits per heavy atom. The van der Waals surface area contributed by atoms with Gasteiger partial charge in [0.15, 0.2) is 17.3 Å². The third kappa shape index (κ3) is 4.65. The van der Waals surface area contributed by atoms with Crippen molar-refractivity contribution in [3.63, 3.8) is 0 Å². The predicted octanol–water partition coefficient (Wildman–Crippen LogP) is 6.22. The van der Waals surface area contributed by atoms with Gasteiger partial charge in [0.05, 0.1) is 19.9 Å². The van der Waals surface area contributed by atoms with Crippen LogP contribution in [0.5, 0.6) is 11.5 Å². The molecule has 1 aromatic heterocycles. The van der Waals surface area contributed by atoms with Gasteiger partial charge in [-0.1, -0.05) is 34.1 Å². The molecule has 0 aliphatic rings. The minimum Gasteiger partial charge on any atom is -0.493 e. The molecule has 0 saturated carbocycles. The molecule has 0 aliphatic carbocycles. The summed E-state index contributed by atoms with van der Waals surface area (Å²) in [5.74, 6) is 1.17. The van der Waals surface area contributed by atoms with Gasteiger partial charge in [0.2, 0.25) is 0 Å². The van der Waals surface area contributed by atoms with Gasteiger partial charge in [-0.15, -0.1) is 0 Å². The van der Waals surface area contributed by atoms with Crippen molar-refractivity contribution in [3.05, 3.63) is 101 Å². The highest BCUT2D eigenvalue weighted by molar-refractivity contribution is 9.10. The highest BCUT2D eigenvalue weighted by Gasteiger charge is 2.14. The van der Waals surface area contributed by atoms with Crippen molar-refractivity contribution >= 4 is 27.8 Å². The van der Waals surface area contributed by atoms with Crippen LogP contribution in [0.3, 0.4) is 0 Å². The molecular formula is C26H21BrN2O3. The highest BCUT2D eigenvalue weighted by atomic mass is 79.9. The summed E-state index contributed by atoms with van der Waals surface area (Å²) in [6.45, 7) is 0. The molecule has 0 spiro atoms. The van der Waals surface area contributed by atoms with Gasteiger partial charge < -0.3 is 9.47 Å². The van der Waals surface area contributed by atoms with Gasteiger partial charge in [0.25, 0.3) is 0 Å². The number of ketones is 1. The Labute approximate surface area is 195 Å². The van der Waals surface area contributed by atoms with Gasteiger partial charge in [-0.2, -0.15) is 5.10 Å². The topological polar surface area (TPSA) is 53.4 Å². The van der Waals surface area contributed by atoms with Crippen molar-refractivity contribution in [3.8, 4) is 28.4 Å². The summed E-state index contributed by atoms with van der Waals surface area (Å²) in [6.07, 6.45) is 5.27. The van der Waals surface area contributed by atoms with Crippen LogP contribution in [-0.2, 0) is 0 Å². The molecule has 0 aliphatic heterocycles. The number of aromatic nitrogens is 2. The third-order valence-corrected chi connectivity index (χ3v) is 5.49. The molecule has 3 aromatic carbocycles. The van der Waals surface area contributed by atoms with E-state index in [9.17, 15) is 4.79 Å². The van der Waals surface area contributed by atoms with E-state index in [0.29, 0.717) is 17.1 Å². The first-order valence-electron chi connectivity index (χ1n) is 9.94. The van der Waals surface area contributed by atoms with Crippen molar-refractivity contribution in [2.45, 2.75) is 0 Å². The van der Waals surface area contributed by atoms with E-state index < -0.39 is 0 Å². The molecule has 32 heavy (non-hydrogen) atoms. The maximum absolute atomic E-state index is 12.7. The maximum Gasteiger partial charge on any atom is 0.185 e. The van der Waals surface area contributed by atoms with Crippen molar-refractivity contribution in [1.82, 2.24) is 9.78 Å². The normalized spacial score (nSPS) is 11.0. The number of allylic oxidation sites excluding steroid dienone is 1. The van der Waals surface area contributed by atoms with E-state index in [2.05, 4.69) is 15.9 Å². The van der Waals surface area contributed by atoms with Crippen molar-refractivity contribution in [2.75, 3.05) is 14.2 Å². The summed E-state index contributed by atoms with van der Waals surface area (Å²) in [5.41, 5.74) is 3.94. The number of carbonyl (C=O) groups excluding carboxylic acids is 1. The van der Waals surface area contributed by atoms with E-state index >= 15 is 0 Å². The minimum atomic E-state index is -0.0803. The second-order valence-electron chi connectivity index (χ2n) is 6.99. The summed E-state index contributed by atoms with van der Waals surface area (Å²) in [5, 5.41) is 4.80. The number of hydrogen-bond acceptors (Lipinski definition) is 4. The molecule has 0 fully saturated rings. The van der Waals surface area contributed by atoms with Gasteiger partial charge in [0.1, 0.15) is 5.69 Å². The van der Waals surface area contributed by atoms with E-state index in [1.54, 1.807) is 43.2 Å². The molecule has 0 bridgehead atoms. The molecule has 0 unspecified atom stereocenters. The molecule has 1 heterocycles. The van der Waals surface area contributed by atoms with Gasteiger partial charge in [-0.05, 0) is 66.7 Å². The van der Waals surface area contributed by atoms with Crippen LogP contribution < -0.4 is 9.47 Å². The molecule has 0 saturated heterocycles. The lowest BCUT2D eigenvalue weighted by Crippen LogP contribution is -1.95. The molecule has 0 atom stereocenters. The summed E-state index contributed by atoms with van der Waals surface area (Å²) in [6, 6.07) is 22.8. The maximum atomic E-state index is 12.7. The van der Waals surface area contributed by atoms with Crippen LogP contribution in [0, 0.1) is 0 Å². The van der Waals surface area contributed by atoms with Crippen LogP contribution in [0.15, 0.2) is 89.5 Å². The number of hydrogen-bond donors (Lipinski definition) is 0. The summed E-state index contributed by atoms with van der Waals surface area (Å²) < 4.78 is 13.5. The lowest BCUT2D eigenvalue weighted by molar-refractivity contribution is 0.104. The molecule has 4 rings (SSSR count). The van der Waals surface area contributed by atoms with Crippen molar-refractivity contribution in [2.24, 2.45) is 0 Å². The summed E-state index contributed by atoms with van der Waals surface area (Å²) in [7, 11) is 3.20. The van der Waals surface area contributed by atoms with Gasteiger partial charge in [-0.25, -0.2) is 4.68 Å². The minimum absolute atomic E-state index is 0.0803. The Balaban J connectivity index is 1.76. The monoisotopic (exact) mass is 488 g/mol. The lowest BCUT2D eigenvalue weighted by Gasteiger charge is -2.09. The Morgan fingerprint density at radius 2 is 1.66 bits per heavy atom. The van der Waals surface area contributed by atoms with Crippen LogP contribution in [0.25, 0.3) is 23.0 Å². The van der Waals surface area contributed by atoms with Crippen LogP contribution in [-0.4, -0.2) is 29.8 Å². The largest absolute Gasteiger partial charge is 0.493 e. The molecule has 0 radical (unpaired) electrons. The molecule has 6 heteroatoms. The quantitative estimate of drug-likeness (QED) is 0.229. The first kappa shape index (κ1) is 21.6. The number of carbonyl (C=O) groups is 1. The average Bonchev–Trinajstić information content (AvgIpc) is 3.27. The number of benzene rings is 3. The van der Waals surface area contributed by atoms with E-state index in [0.717, 1.165) is 27.0 Å². The van der Waals surface area contributed by atoms with Gasteiger partial charge in [-0.3, -0.25) is 4.79 Å². The number of nitrogens with zero attached hydrogens (tertiary/aromatic N) is 2. The third-order valence-electron chi connectivity index (χ3n) is 4.96. The zero-order valence-corrected chi connectivity index (χ0v) is 19.2. The SMILES string of the molecule is COc1ccc(-c2nn(-c3ccccc3)cc2/C=C\C(=O)c2ccc(Br)cc2)cc1OC. The second-order valence-corrected chi connectivity index (χ2v) is 7.90. The van der Waals surface area contributed by atoms with E-state index in [1.165, 1.54) is 0 Å². The highest BCUT2D eigenvalue weighted by Crippen LogP contribution is 2.33. The smallest absolute Gasteiger partial charge is 0.185 e. The molecule has 0 N–H and O–H groups in total. The second kappa shape index (κ2) is 9.66. The standard InChI is InChI=1S/C26H21BrN2O3/c1-31-24-15-11-19(16-25(24)32-2)26-20(17-29(28-26)22-6-4-3-5-7-22)10-14-23(30)18-8-12-21(27)13-9-18/h3-17H,1-2H3/b14-10-. The van der Waals surface area contributed by atoms with Gasteiger partial charge >= 0.3 is 0 Å². The van der Waals surface area contributed by atoms with Crippen molar-refractivity contribution in [1.29, 1.82) is 0 Å². The first-order valence-corrected chi connectivity index (χ1v) is 10.7. The fourth-order valence-electron chi connectivity index (χ4n) is 3.31.